The molecule has 0 saturated carbocycles. The van der Waals surface area contributed by atoms with Crippen molar-refractivity contribution in [2.45, 2.75) is 16.6 Å². The lowest BCUT2D eigenvalue weighted by molar-refractivity contribution is 0.862. The summed E-state index contributed by atoms with van der Waals surface area (Å²) in [7, 11) is 0. The number of rotatable bonds is 3. The van der Waals surface area contributed by atoms with Gasteiger partial charge >= 0.3 is 0 Å². The summed E-state index contributed by atoms with van der Waals surface area (Å²) in [5.41, 5.74) is 0. The van der Waals surface area contributed by atoms with E-state index in [1.54, 1.807) is 0 Å². The smallest absolute Gasteiger partial charge is 0.0596 e. The van der Waals surface area contributed by atoms with Crippen molar-refractivity contribution in [1.29, 1.82) is 0 Å². The fourth-order valence-electron chi connectivity index (χ4n) is 0.278. The zero-order valence-electron chi connectivity index (χ0n) is 4.41. The molecule has 0 nitrogen and oxygen atoms in total. The van der Waals surface area contributed by atoms with E-state index < -0.39 is 0 Å². The highest BCUT2D eigenvalue weighted by Gasteiger charge is 2.11. The highest BCUT2D eigenvalue weighted by Crippen LogP contribution is 2.15. The Hall–Kier alpha value is 1.06. The van der Waals surface area contributed by atoms with E-state index in [2.05, 4.69) is 22.9 Å². The zero-order valence-corrected chi connectivity index (χ0v) is 7.51. The van der Waals surface area contributed by atoms with Crippen LogP contribution in [-0.4, -0.2) is 16.1 Å². The summed E-state index contributed by atoms with van der Waals surface area (Å²) in [4.78, 5) is 0.252. The van der Waals surface area contributed by atoms with E-state index >= 15 is 0 Å². The Morgan fingerprint density at radius 2 is 2.12 bits per heavy atom. The van der Waals surface area contributed by atoms with Gasteiger partial charge in [0, 0.05) is 10.7 Å². The second-order valence-electron chi connectivity index (χ2n) is 1.47. The van der Waals surface area contributed by atoms with Gasteiger partial charge in [-0.1, -0.05) is 22.9 Å². The molecule has 0 aromatic carbocycles. The highest BCUT2D eigenvalue weighted by atomic mass is 79.9. The van der Waals surface area contributed by atoms with Crippen LogP contribution in [0.2, 0.25) is 0 Å². The van der Waals surface area contributed by atoms with Gasteiger partial charge in [-0.05, 0) is 6.42 Å². The Kier molecular flexibility index (Phi) is 5.54. The molecule has 0 rings (SSSR count). The summed E-state index contributed by atoms with van der Waals surface area (Å²) in [5.74, 6) is 0.479. The van der Waals surface area contributed by atoms with Crippen LogP contribution in [0.1, 0.15) is 6.42 Å². The van der Waals surface area contributed by atoms with Crippen LogP contribution in [-0.2, 0) is 0 Å². The third-order valence-corrected chi connectivity index (χ3v) is 3.16. The molecule has 0 aromatic rings. The molecule has 0 spiro atoms. The standard InChI is InChI=1S/C5H8BrCl2/c1-2-4(6)5(8)3-7/h4-5H,1-3H2. The second-order valence-corrected chi connectivity index (χ2v) is 3.52. The van der Waals surface area contributed by atoms with Gasteiger partial charge in [0.15, 0.2) is 0 Å². The molecule has 3 heteroatoms. The van der Waals surface area contributed by atoms with Gasteiger partial charge in [-0.15, -0.1) is 23.2 Å². The summed E-state index contributed by atoms with van der Waals surface area (Å²) in [6.45, 7) is 3.66. The van der Waals surface area contributed by atoms with Gasteiger partial charge in [0.1, 0.15) is 0 Å². The maximum absolute atomic E-state index is 5.70. The molecule has 0 bridgehead atoms. The van der Waals surface area contributed by atoms with Crippen LogP contribution in [0.25, 0.3) is 0 Å². The number of hydrogen-bond donors (Lipinski definition) is 0. The molecule has 0 aliphatic heterocycles. The van der Waals surface area contributed by atoms with Crippen LogP contribution < -0.4 is 0 Å². The minimum atomic E-state index is 0.00849. The molecule has 2 atom stereocenters. The zero-order chi connectivity index (χ0) is 6.57. The van der Waals surface area contributed by atoms with E-state index in [-0.39, 0.29) is 10.2 Å². The second kappa shape index (κ2) is 4.89. The normalized spacial score (nSPS) is 18.0. The van der Waals surface area contributed by atoms with Crippen molar-refractivity contribution in [3.05, 3.63) is 6.92 Å². The average molecular weight is 219 g/mol. The Balaban J connectivity index is 3.29. The Bertz CT molecular complexity index is 50.4. The van der Waals surface area contributed by atoms with Gasteiger partial charge in [-0.25, -0.2) is 0 Å². The fraction of sp³-hybridized carbons (Fsp3) is 0.800. The number of hydrogen-bond acceptors (Lipinski definition) is 0. The molecule has 8 heavy (non-hydrogen) atoms. The molecule has 49 valence electrons. The molecular weight excluding hydrogens is 211 g/mol. The molecule has 2 unspecified atom stereocenters. The molecule has 0 aliphatic carbocycles. The minimum absolute atomic E-state index is 0.00849. The summed E-state index contributed by atoms with van der Waals surface area (Å²) in [6, 6.07) is 0. The van der Waals surface area contributed by atoms with Gasteiger partial charge in [-0.3, -0.25) is 0 Å². The first-order chi connectivity index (χ1) is 3.72. The van der Waals surface area contributed by atoms with Crippen molar-refractivity contribution in [3.8, 4) is 0 Å². The van der Waals surface area contributed by atoms with E-state index in [9.17, 15) is 0 Å². The summed E-state index contributed by atoms with van der Waals surface area (Å²) < 4.78 is 0. The van der Waals surface area contributed by atoms with E-state index in [0.29, 0.717) is 5.88 Å². The third kappa shape index (κ3) is 3.16. The SMILES string of the molecule is [CH2]CC(Br)C(Cl)CCl. The molecule has 0 amide bonds. The van der Waals surface area contributed by atoms with Crippen LogP contribution in [0.15, 0.2) is 0 Å². The van der Waals surface area contributed by atoms with Crippen molar-refractivity contribution in [2.75, 3.05) is 5.88 Å². The number of halogens is 3. The number of alkyl halides is 3. The molecular formula is C5H8BrCl2. The van der Waals surface area contributed by atoms with Crippen LogP contribution in [0.3, 0.4) is 0 Å². The summed E-state index contributed by atoms with van der Waals surface area (Å²) in [5, 5.41) is 0.00849. The fourth-order valence-corrected chi connectivity index (χ4v) is 1.02. The Morgan fingerprint density at radius 1 is 1.62 bits per heavy atom. The first-order valence-corrected chi connectivity index (χ1v) is 4.24. The van der Waals surface area contributed by atoms with Gasteiger partial charge in [-0.2, -0.15) is 0 Å². The van der Waals surface area contributed by atoms with Crippen molar-refractivity contribution in [1.82, 2.24) is 0 Å². The van der Waals surface area contributed by atoms with Crippen molar-refractivity contribution in [3.63, 3.8) is 0 Å². The van der Waals surface area contributed by atoms with Crippen LogP contribution in [0.5, 0.6) is 0 Å². The van der Waals surface area contributed by atoms with Crippen LogP contribution in [0, 0.1) is 6.92 Å². The first-order valence-electron chi connectivity index (χ1n) is 2.35. The predicted octanol–water partition coefficient (Wildman–Crippen LogP) is 2.82. The molecule has 0 N–H and O–H groups in total. The van der Waals surface area contributed by atoms with E-state index in [1.165, 1.54) is 0 Å². The van der Waals surface area contributed by atoms with Gasteiger partial charge in [0.2, 0.25) is 0 Å². The van der Waals surface area contributed by atoms with E-state index in [0.717, 1.165) is 6.42 Å². The molecule has 0 saturated heterocycles. The molecule has 0 aromatic heterocycles. The Labute approximate surface area is 68.7 Å². The van der Waals surface area contributed by atoms with Gasteiger partial charge < -0.3 is 0 Å². The predicted molar refractivity (Wildman–Crippen MR) is 43.1 cm³/mol. The third-order valence-electron chi connectivity index (χ3n) is 0.816. The maximum atomic E-state index is 5.70. The monoisotopic (exact) mass is 217 g/mol. The van der Waals surface area contributed by atoms with Crippen LogP contribution >= 0.6 is 39.1 Å². The van der Waals surface area contributed by atoms with E-state index in [1.807, 2.05) is 0 Å². The highest BCUT2D eigenvalue weighted by molar-refractivity contribution is 9.09. The van der Waals surface area contributed by atoms with Crippen molar-refractivity contribution >= 4 is 39.1 Å². The van der Waals surface area contributed by atoms with Crippen molar-refractivity contribution in [2.24, 2.45) is 0 Å². The van der Waals surface area contributed by atoms with Crippen molar-refractivity contribution < 1.29 is 0 Å². The lowest BCUT2D eigenvalue weighted by atomic mass is 10.3. The molecule has 0 aliphatic rings. The summed E-state index contributed by atoms with van der Waals surface area (Å²) >= 11 is 14.5. The molecule has 0 fully saturated rings. The average Bonchev–Trinajstić information content (AvgIpc) is 1.84. The van der Waals surface area contributed by atoms with Gasteiger partial charge in [0.05, 0.1) is 5.38 Å². The maximum Gasteiger partial charge on any atom is 0.0596 e. The quantitative estimate of drug-likeness (QED) is 0.640. The minimum Gasteiger partial charge on any atom is -0.125 e. The van der Waals surface area contributed by atoms with Gasteiger partial charge in [0.25, 0.3) is 0 Å². The lowest BCUT2D eigenvalue weighted by Gasteiger charge is -2.09. The molecule has 1 radical (unpaired) electrons. The topological polar surface area (TPSA) is 0 Å². The van der Waals surface area contributed by atoms with E-state index in [4.69, 9.17) is 23.2 Å². The molecule has 0 heterocycles. The Morgan fingerprint density at radius 3 is 2.25 bits per heavy atom. The lowest BCUT2D eigenvalue weighted by Crippen LogP contribution is -2.14. The first kappa shape index (κ1) is 9.06. The summed E-state index contributed by atoms with van der Waals surface area (Å²) in [6.07, 6.45) is 0.779. The van der Waals surface area contributed by atoms with Crippen LogP contribution in [0.4, 0.5) is 0 Å². The largest absolute Gasteiger partial charge is 0.125 e.